The number of nitrogens with zero attached hydrogens (tertiary/aromatic N) is 1. The third-order valence-electron chi connectivity index (χ3n) is 5.05. The summed E-state index contributed by atoms with van der Waals surface area (Å²) in [6.45, 7) is 2.15. The molecule has 29 heavy (non-hydrogen) atoms. The first kappa shape index (κ1) is 21.1. The van der Waals surface area contributed by atoms with E-state index in [4.69, 9.17) is 11.6 Å². The van der Waals surface area contributed by atoms with Crippen LogP contribution in [0.4, 0.5) is 16.2 Å². The lowest BCUT2D eigenvalue weighted by molar-refractivity contribution is -0.116. The van der Waals surface area contributed by atoms with Crippen molar-refractivity contribution in [1.82, 2.24) is 10.2 Å². The van der Waals surface area contributed by atoms with Crippen molar-refractivity contribution in [2.24, 2.45) is 0 Å². The summed E-state index contributed by atoms with van der Waals surface area (Å²) in [6, 6.07) is 16.6. The van der Waals surface area contributed by atoms with E-state index in [1.807, 2.05) is 42.5 Å². The van der Waals surface area contributed by atoms with Crippen LogP contribution in [-0.2, 0) is 4.79 Å². The van der Waals surface area contributed by atoms with E-state index in [9.17, 15) is 9.59 Å². The predicted octanol–water partition coefficient (Wildman–Crippen LogP) is 4.34. The van der Waals surface area contributed by atoms with Crippen molar-refractivity contribution in [3.05, 3.63) is 59.6 Å². The van der Waals surface area contributed by atoms with Gasteiger partial charge in [0, 0.05) is 31.2 Å². The molecule has 3 amide bonds. The van der Waals surface area contributed by atoms with Gasteiger partial charge in [0.1, 0.15) is 0 Å². The number of nitrogens with one attached hydrogen (secondary N) is 3. The van der Waals surface area contributed by atoms with Gasteiger partial charge in [-0.3, -0.25) is 9.69 Å². The molecule has 1 aliphatic rings. The molecule has 1 fully saturated rings. The van der Waals surface area contributed by atoms with E-state index in [0.717, 1.165) is 31.5 Å². The predicted molar refractivity (Wildman–Crippen MR) is 117 cm³/mol. The summed E-state index contributed by atoms with van der Waals surface area (Å²) in [7, 11) is 0. The summed E-state index contributed by atoms with van der Waals surface area (Å²) in [4.78, 5) is 26.7. The molecule has 0 saturated carbocycles. The van der Waals surface area contributed by atoms with Gasteiger partial charge in [-0.2, -0.15) is 0 Å². The van der Waals surface area contributed by atoms with Gasteiger partial charge in [0.05, 0.1) is 10.7 Å². The SMILES string of the molecule is O=C(CCN1CCCCC1CNC(=O)Nc1ccccc1)Nc1ccccc1Cl. The van der Waals surface area contributed by atoms with Crippen LogP contribution in [0.2, 0.25) is 5.02 Å². The number of hydrogen-bond acceptors (Lipinski definition) is 3. The fourth-order valence-corrected chi connectivity index (χ4v) is 3.70. The molecule has 0 aliphatic carbocycles. The number of carbonyl (C=O) groups excluding carboxylic acids is 2. The van der Waals surface area contributed by atoms with E-state index in [2.05, 4.69) is 20.9 Å². The molecule has 1 aliphatic heterocycles. The fourth-order valence-electron chi connectivity index (χ4n) is 3.51. The molecule has 154 valence electrons. The number of piperidine rings is 1. The minimum absolute atomic E-state index is 0.0581. The maximum atomic E-state index is 12.3. The number of para-hydroxylation sites is 2. The van der Waals surface area contributed by atoms with Crippen molar-refractivity contribution < 1.29 is 9.59 Å². The first-order valence-electron chi connectivity index (χ1n) is 10.00. The highest BCUT2D eigenvalue weighted by atomic mass is 35.5. The average molecular weight is 415 g/mol. The number of rotatable bonds is 7. The van der Waals surface area contributed by atoms with Crippen LogP contribution >= 0.6 is 11.6 Å². The minimum Gasteiger partial charge on any atom is -0.336 e. The molecule has 1 heterocycles. The zero-order valence-electron chi connectivity index (χ0n) is 16.4. The van der Waals surface area contributed by atoms with Gasteiger partial charge in [0.25, 0.3) is 0 Å². The van der Waals surface area contributed by atoms with Crippen LogP contribution in [0.15, 0.2) is 54.6 Å². The summed E-state index contributed by atoms with van der Waals surface area (Å²) in [5.41, 5.74) is 1.40. The van der Waals surface area contributed by atoms with Gasteiger partial charge in [-0.1, -0.05) is 48.4 Å². The molecule has 1 unspecified atom stereocenters. The van der Waals surface area contributed by atoms with E-state index < -0.39 is 0 Å². The van der Waals surface area contributed by atoms with Gasteiger partial charge >= 0.3 is 6.03 Å². The first-order valence-corrected chi connectivity index (χ1v) is 10.4. The Balaban J connectivity index is 1.44. The number of benzene rings is 2. The third-order valence-corrected chi connectivity index (χ3v) is 5.38. The van der Waals surface area contributed by atoms with Crippen molar-refractivity contribution in [2.75, 3.05) is 30.3 Å². The van der Waals surface area contributed by atoms with Crippen molar-refractivity contribution in [1.29, 1.82) is 0 Å². The highest BCUT2D eigenvalue weighted by Crippen LogP contribution is 2.21. The maximum Gasteiger partial charge on any atom is 0.319 e. The molecule has 6 nitrogen and oxygen atoms in total. The quantitative estimate of drug-likeness (QED) is 0.630. The lowest BCUT2D eigenvalue weighted by Gasteiger charge is -2.35. The third kappa shape index (κ3) is 6.76. The largest absolute Gasteiger partial charge is 0.336 e. The van der Waals surface area contributed by atoms with Crippen molar-refractivity contribution in [3.8, 4) is 0 Å². The second-order valence-electron chi connectivity index (χ2n) is 7.16. The molecular formula is C22H27ClN4O2. The number of amides is 3. The van der Waals surface area contributed by atoms with E-state index in [-0.39, 0.29) is 18.0 Å². The Bertz CT molecular complexity index is 815. The van der Waals surface area contributed by atoms with Gasteiger partial charge in [0.2, 0.25) is 5.91 Å². The Labute approximate surface area is 176 Å². The Morgan fingerprint density at radius 2 is 1.76 bits per heavy atom. The zero-order valence-corrected chi connectivity index (χ0v) is 17.1. The molecule has 2 aromatic carbocycles. The number of carbonyl (C=O) groups is 2. The standard InChI is InChI=1S/C22H27ClN4O2/c23-19-11-4-5-12-20(19)26-21(28)13-15-27-14-7-6-10-18(27)16-24-22(29)25-17-8-2-1-3-9-17/h1-5,8-9,11-12,18H,6-7,10,13-16H2,(H,26,28)(H2,24,25,29). The summed E-state index contributed by atoms with van der Waals surface area (Å²) < 4.78 is 0. The van der Waals surface area contributed by atoms with Gasteiger partial charge in [-0.25, -0.2) is 4.79 Å². The van der Waals surface area contributed by atoms with Crippen LogP contribution < -0.4 is 16.0 Å². The number of urea groups is 1. The van der Waals surface area contributed by atoms with Crippen LogP contribution in [0.25, 0.3) is 0 Å². The number of halogens is 1. The lowest BCUT2D eigenvalue weighted by atomic mass is 10.0. The van der Waals surface area contributed by atoms with Crippen molar-refractivity contribution >= 4 is 34.9 Å². The topological polar surface area (TPSA) is 73.5 Å². The molecule has 7 heteroatoms. The minimum atomic E-state index is -0.210. The van der Waals surface area contributed by atoms with E-state index in [1.165, 1.54) is 0 Å². The zero-order chi connectivity index (χ0) is 20.5. The van der Waals surface area contributed by atoms with Crippen LogP contribution in [0.1, 0.15) is 25.7 Å². The number of anilines is 2. The summed E-state index contributed by atoms with van der Waals surface area (Å²) in [5, 5.41) is 9.19. The summed E-state index contributed by atoms with van der Waals surface area (Å²) in [6.07, 6.45) is 3.64. The second kappa shape index (κ2) is 10.8. The summed E-state index contributed by atoms with van der Waals surface area (Å²) in [5.74, 6) is -0.0581. The van der Waals surface area contributed by atoms with E-state index in [1.54, 1.807) is 12.1 Å². The average Bonchev–Trinajstić information content (AvgIpc) is 2.74. The maximum absolute atomic E-state index is 12.3. The molecule has 3 rings (SSSR count). The fraction of sp³-hybridized carbons (Fsp3) is 0.364. The Morgan fingerprint density at radius 3 is 2.55 bits per heavy atom. The normalized spacial score (nSPS) is 16.8. The van der Waals surface area contributed by atoms with Crippen molar-refractivity contribution in [2.45, 2.75) is 31.7 Å². The van der Waals surface area contributed by atoms with Crippen molar-refractivity contribution in [3.63, 3.8) is 0 Å². The molecule has 0 radical (unpaired) electrons. The highest BCUT2D eigenvalue weighted by Gasteiger charge is 2.23. The van der Waals surface area contributed by atoms with Gasteiger partial charge in [-0.15, -0.1) is 0 Å². The molecule has 0 spiro atoms. The van der Waals surface area contributed by atoms with Gasteiger partial charge in [-0.05, 0) is 43.7 Å². The highest BCUT2D eigenvalue weighted by molar-refractivity contribution is 6.33. The Hall–Kier alpha value is -2.57. The Morgan fingerprint density at radius 1 is 1.00 bits per heavy atom. The molecule has 3 N–H and O–H groups in total. The number of hydrogen-bond donors (Lipinski definition) is 3. The Kier molecular flexibility index (Phi) is 7.90. The monoisotopic (exact) mass is 414 g/mol. The summed E-state index contributed by atoms with van der Waals surface area (Å²) >= 11 is 6.10. The van der Waals surface area contributed by atoms with Crippen LogP contribution in [-0.4, -0.2) is 42.5 Å². The molecule has 1 saturated heterocycles. The smallest absolute Gasteiger partial charge is 0.319 e. The molecular weight excluding hydrogens is 388 g/mol. The molecule has 1 atom stereocenters. The van der Waals surface area contributed by atoms with Gasteiger partial charge < -0.3 is 16.0 Å². The van der Waals surface area contributed by atoms with E-state index >= 15 is 0 Å². The molecule has 0 aromatic heterocycles. The first-order chi connectivity index (χ1) is 14.1. The van der Waals surface area contributed by atoms with Crippen LogP contribution in [0.3, 0.4) is 0 Å². The van der Waals surface area contributed by atoms with E-state index in [0.29, 0.717) is 30.2 Å². The van der Waals surface area contributed by atoms with Crippen LogP contribution in [0.5, 0.6) is 0 Å². The number of likely N-dealkylation sites (tertiary alicyclic amines) is 1. The molecule has 2 aromatic rings. The van der Waals surface area contributed by atoms with Crippen LogP contribution in [0, 0.1) is 0 Å². The second-order valence-corrected chi connectivity index (χ2v) is 7.57. The molecule has 0 bridgehead atoms. The van der Waals surface area contributed by atoms with Gasteiger partial charge in [0.15, 0.2) is 0 Å². The lowest BCUT2D eigenvalue weighted by Crippen LogP contribution is -2.48.